The molecule has 0 amide bonds. The van der Waals surface area contributed by atoms with Gasteiger partial charge in [0.05, 0.1) is 12.0 Å². The van der Waals surface area contributed by atoms with Gasteiger partial charge in [0.15, 0.2) is 0 Å². The van der Waals surface area contributed by atoms with Crippen molar-refractivity contribution in [3.63, 3.8) is 0 Å². The molecule has 0 spiro atoms. The van der Waals surface area contributed by atoms with E-state index < -0.39 is 0 Å². The zero-order valence-corrected chi connectivity index (χ0v) is 12.7. The normalized spacial score (nSPS) is 14.1. The van der Waals surface area contributed by atoms with Crippen LogP contribution in [-0.4, -0.2) is 18.5 Å². The summed E-state index contributed by atoms with van der Waals surface area (Å²) in [5.41, 5.74) is 2.74. The molecule has 2 atom stereocenters. The quantitative estimate of drug-likeness (QED) is 0.733. The Morgan fingerprint density at radius 2 is 1.79 bits per heavy atom. The topological polar surface area (TPSA) is 27.0 Å². The summed E-state index contributed by atoms with van der Waals surface area (Å²) in [6.45, 7) is 8.32. The number of nitriles is 1. The first-order chi connectivity index (χ1) is 9.10. The molecule has 0 saturated heterocycles. The fraction of sp³-hybridized carbons (Fsp3) is 0.588. The van der Waals surface area contributed by atoms with Crippen LogP contribution >= 0.6 is 0 Å². The molecule has 0 aromatic heterocycles. The second-order valence-electron chi connectivity index (χ2n) is 5.48. The van der Waals surface area contributed by atoms with E-state index in [4.69, 9.17) is 5.26 Å². The summed E-state index contributed by atoms with van der Waals surface area (Å²) < 4.78 is 0. The van der Waals surface area contributed by atoms with Crippen LogP contribution in [0.25, 0.3) is 0 Å². The predicted octanol–water partition coefficient (Wildman–Crippen LogP) is 4.18. The summed E-state index contributed by atoms with van der Waals surface area (Å²) in [6.07, 6.45) is 2.10. The van der Waals surface area contributed by atoms with Gasteiger partial charge in [-0.2, -0.15) is 5.26 Å². The average Bonchev–Trinajstić information content (AvgIpc) is 2.44. The third kappa shape index (κ3) is 5.04. The highest BCUT2D eigenvalue weighted by Crippen LogP contribution is 2.19. The maximum atomic E-state index is 8.99. The maximum Gasteiger partial charge on any atom is 0.0669 e. The Hall–Kier alpha value is -1.33. The van der Waals surface area contributed by atoms with Crippen molar-refractivity contribution in [2.75, 3.05) is 13.6 Å². The minimum atomic E-state index is 0.143. The molecule has 19 heavy (non-hydrogen) atoms. The highest BCUT2D eigenvalue weighted by atomic mass is 15.1. The molecule has 0 heterocycles. The highest BCUT2D eigenvalue weighted by Gasteiger charge is 2.09. The van der Waals surface area contributed by atoms with Crippen LogP contribution in [0.3, 0.4) is 0 Å². The van der Waals surface area contributed by atoms with Crippen LogP contribution in [-0.2, 0) is 6.54 Å². The fourth-order valence-corrected chi connectivity index (χ4v) is 2.20. The Bertz CT molecular complexity index is 402. The van der Waals surface area contributed by atoms with Crippen molar-refractivity contribution in [3.05, 3.63) is 35.4 Å². The lowest BCUT2D eigenvalue weighted by molar-refractivity contribution is 0.292. The van der Waals surface area contributed by atoms with E-state index in [1.165, 1.54) is 17.5 Å². The summed E-state index contributed by atoms with van der Waals surface area (Å²) in [4.78, 5) is 2.23. The minimum Gasteiger partial charge on any atom is -0.301 e. The van der Waals surface area contributed by atoms with Gasteiger partial charge in [-0.15, -0.1) is 0 Å². The van der Waals surface area contributed by atoms with Crippen LogP contribution in [0, 0.1) is 17.2 Å². The smallest absolute Gasteiger partial charge is 0.0669 e. The molecule has 0 bridgehead atoms. The highest BCUT2D eigenvalue weighted by molar-refractivity contribution is 5.24. The molecule has 0 aliphatic heterocycles. The largest absolute Gasteiger partial charge is 0.301 e. The SMILES string of the molecule is CCC(C#N)CN(C)Cc1ccc(C(C)CC)cc1. The molecule has 0 radical (unpaired) electrons. The number of hydrogen-bond acceptors (Lipinski definition) is 2. The van der Waals surface area contributed by atoms with Crippen molar-refractivity contribution in [1.29, 1.82) is 5.26 Å². The lowest BCUT2D eigenvalue weighted by Gasteiger charge is -2.19. The Labute approximate surface area is 118 Å². The summed E-state index contributed by atoms with van der Waals surface area (Å²) in [7, 11) is 2.09. The van der Waals surface area contributed by atoms with E-state index in [2.05, 4.69) is 63.1 Å². The summed E-state index contributed by atoms with van der Waals surface area (Å²) >= 11 is 0. The van der Waals surface area contributed by atoms with Crippen molar-refractivity contribution in [1.82, 2.24) is 4.90 Å². The summed E-state index contributed by atoms with van der Waals surface area (Å²) in [6, 6.07) is 11.3. The van der Waals surface area contributed by atoms with Crippen molar-refractivity contribution in [2.24, 2.45) is 5.92 Å². The van der Waals surface area contributed by atoms with Crippen molar-refractivity contribution >= 4 is 0 Å². The number of benzene rings is 1. The van der Waals surface area contributed by atoms with E-state index in [1.54, 1.807) is 0 Å². The molecule has 1 rings (SSSR count). The van der Waals surface area contributed by atoms with E-state index in [1.807, 2.05) is 0 Å². The third-order valence-electron chi connectivity index (χ3n) is 3.82. The van der Waals surface area contributed by atoms with E-state index >= 15 is 0 Å². The second kappa shape index (κ2) is 7.96. The monoisotopic (exact) mass is 258 g/mol. The van der Waals surface area contributed by atoms with Gasteiger partial charge < -0.3 is 4.90 Å². The summed E-state index contributed by atoms with van der Waals surface area (Å²) in [5.74, 6) is 0.777. The zero-order chi connectivity index (χ0) is 14.3. The first-order valence-electron chi connectivity index (χ1n) is 7.27. The van der Waals surface area contributed by atoms with Crippen molar-refractivity contribution in [3.8, 4) is 6.07 Å². The van der Waals surface area contributed by atoms with Crippen LogP contribution in [0.15, 0.2) is 24.3 Å². The third-order valence-corrected chi connectivity index (χ3v) is 3.82. The van der Waals surface area contributed by atoms with E-state index in [-0.39, 0.29) is 5.92 Å². The maximum absolute atomic E-state index is 8.99. The van der Waals surface area contributed by atoms with Gasteiger partial charge in [-0.05, 0) is 36.9 Å². The molecule has 0 fully saturated rings. The lowest BCUT2D eigenvalue weighted by Crippen LogP contribution is -2.24. The van der Waals surface area contributed by atoms with Gasteiger partial charge >= 0.3 is 0 Å². The molecule has 0 saturated carbocycles. The van der Waals surface area contributed by atoms with Gasteiger partial charge in [0.25, 0.3) is 0 Å². The molecule has 1 aromatic carbocycles. The van der Waals surface area contributed by atoms with Gasteiger partial charge in [-0.1, -0.05) is 45.0 Å². The minimum absolute atomic E-state index is 0.143. The van der Waals surface area contributed by atoms with E-state index in [0.717, 1.165) is 19.5 Å². The van der Waals surface area contributed by atoms with Crippen LogP contribution < -0.4 is 0 Å². The number of rotatable bonds is 7. The van der Waals surface area contributed by atoms with Gasteiger partial charge in [-0.25, -0.2) is 0 Å². The van der Waals surface area contributed by atoms with Gasteiger partial charge in [0, 0.05) is 13.1 Å². The second-order valence-corrected chi connectivity index (χ2v) is 5.48. The molecule has 2 heteroatoms. The van der Waals surface area contributed by atoms with Gasteiger partial charge in [0.1, 0.15) is 0 Å². The predicted molar refractivity (Wildman–Crippen MR) is 80.9 cm³/mol. The average molecular weight is 258 g/mol. The molecule has 104 valence electrons. The Balaban J connectivity index is 2.56. The Kier molecular flexibility index (Phi) is 6.59. The molecular weight excluding hydrogens is 232 g/mol. The fourth-order valence-electron chi connectivity index (χ4n) is 2.20. The van der Waals surface area contributed by atoms with Gasteiger partial charge in [0.2, 0.25) is 0 Å². The lowest BCUT2D eigenvalue weighted by atomic mass is 9.97. The van der Waals surface area contributed by atoms with Gasteiger partial charge in [-0.3, -0.25) is 0 Å². The first kappa shape index (κ1) is 15.7. The van der Waals surface area contributed by atoms with Crippen LogP contribution in [0.2, 0.25) is 0 Å². The van der Waals surface area contributed by atoms with E-state index in [0.29, 0.717) is 5.92 Å². The molecule has 2 unspecified atom stereocenters. The van der Waals surface area contributed by atoms with Crippen LogP contribution in [0.1, 0.15) is 50.7 Å². The van der Waals surface area contributed by atoms with Crippen molar-refractivity contribution < 1.29 is 0 Å². The molecule has 0 N–H and O–H groups in total. The number of hydrogen-bond donors (Lipinski definition) is 0. The molecule has 2 nitrogen and oxygen atoms in total. The molecule has 0 aliphatic carbocycles. The molecule has 0 aliphatic rings. The zero-order valence-electron chi connectivity index (χ0n) is 12.7. The van der Waals surface area contributed by atoms with Crippen LogP contribution in [0.5, 0.6) is 0 Å². The van der Waals surface area contributed by atoms with Crippen molar-refractivity contribution in [2.45, 2.75) is 46.1 Å². The Morgan fingerprint density at radius 1 is 1.16 bits per heavy atom. The first-order valence-corrected chi connectivity index (χ1v) is 7.27. The number of nitrogens with zero attached hydrogens (tertiary/aromatic N) is 2. The van der Waals surface area contributed by atoms with Crippen LogP contribution in [0.4, 0.5) is 0 Å². The van der Waals surface area contributed by atoms with E-state index in [9.17, 15) is 0 Å². The standard InChI is InChI=1S/C17H26N2/c1-5-14(3)17-9-7-16(8-10-17)13-19(4)12-15(6-2)11-18/h7-10,14-15H,5-6,12-13H2,1-4H3. The molecule has 1 aromatic rings. The Morgan fingerprint density at radius 3 is 2.26 bits per heavy atom. The molecular formula is C17H26N2. The summed E-state index contributed by atoms with van der Waals surface area (Å²) in [5, 5.41) is 8.99.